The Bertz CT molecular complexity index is 175. The first-order valence-electron chi connectivity index (χ1n) is 3.09. The molecule has 14 heavy (non-hydrogen) atoms. The van der Waals surface area contributed by atoms with Gasteiger partial charge < -0.3 is 0 Å². The Morgan fingerprint density at radius 1 is 0.929 bits per heavy atom. The van der Waals surface area contributed by atoms with Crippen molar-refractivity contribution in [1.29, 1.82) is 0 Å². The van der Waals surface area contributed by atoms with Gasteiger partial charge in [-0.05, 0) is 0 Å². The summed E-state index contributed by atoms with van der Waals surface area (Å²) in [6.07, 6.45) is -16.8. The third-order valence-electron chi connectivity index (χ3n) is 1.02. The van der Waals surface area contributed by atoms with E-state index in [1.165, 1.54) is 0 Å². The largest absolute Gasteiger partial charge is 0.392 e. The van der Waals surface area contributed by atoms with Crippen LogP contribution in [-0.2, 0) is 4.74 Å². The third kappa shape index (κ3) is 5.20. The number of hydrogen-bond donors (Lipinski definition) is 0. The van der Waals surface area contributed by atoms with Crippen LogP contribution in [0.25, 0.3) is 0 Å². The van der Waals surface area contributed by atoms with Crippen LogP contribution < -0.4 is 0 Å². The van der Waals surface area contributed by atoms with E-state index in [4.69, 9.17) is 0 Å². The highest BCUT2D eigenvalue weighted by Gasteiger charge is 2.49. The average Bonchev–Trinajstić information content (AvgIpc) is 1.79. The van der Waals surface area contributed by atoms with E-state index in [9.17, 15) is 35.1 Å². The monoisotopic (exact) mass is 232 g/mol. The lowest BCUT2D eigenvalue weighted by atomic mass is 10.2. The van der Waals surface area contributed by atoms with Crippen LogP contribution in [0.15, 0.2) is 0 Å². The van der Waals surface area contributed by atoms with Crippen molar-refractivity contribution in [3.8, 4) is 0 Å². The van der Waals surface area contributed by atoms with Gasteiger partial charge in [-0.25, -0.2) is 4.39 Å². The van der Waals surface area contributed by atoms with Crippen LogP contribution >= 0.6 is 0 Å². The molecule has 0 aromatic rings. The molecule has 0 spiro atoms. The molecule has 1 atom stereocenters. The average molecular weight is 232 g/mol. The van der Waals surface area contributed by atoms with Crippen LogP contribution in [0.2, 0.25) is 0 Å². The maximum Gasteiger partial charge on any atom is 0.392 e. The van der Waals surface area contributed by atoms with E-state index in [0.717, 1.165) is 0 Å². The van der Waals surface area contributed by atoms with Crippen molar-refractivity contribution in [2.75, 3.05) is 0 Å². The molecule has 0 radical (unpaired) electrons. The second kappa shape index (κ2) is 4.28. The van der Waals surface area contributed by atoms with Gasteiger partial charge in [0.15, 0.2) is 6.17 Å². The Morgan fingerprint density at radius 2 is 1.36 bits per heavy atom. The normalized spacial score (nSPS) is 16.1. The van der Waals surface area contributed by atoms with Gasteiger partial charge in [-0.15, -0.1) is 0 Å². The lowest BCUT2D eigenvalue weighted by Crippen LogP contribution is -2.37. The summed E-state index contributed by atoms with van der Waals surface area (Å²) >= 11 is 0. The molecule has 0 bridgehead atoms. The van der Waals surface area contributed by atoms with E-state index < -0.39 is 31.5 Å². The number of hydrogen-bond acceptors (Lipinski definition) is 1. The van der Waals surface area contributed by atoms with Gasteiger partial charge in [0.25, 0.3) is 0 Å². The molecule has 0 rings (SSSR count). The van der Waals surface area contributed by atoms with E-state index in [1.807, 2.05) is 0 Å². The lowest BCUT2D eigenvalue weighted by Gasteiger charge is -2.20. The number of halogens is 8. The summed E-state index contributed by atoms with van der Waals surface area (Å²) in [5.41, 5.74) is 0. The van der Waals surface area contributed by atoms with Gasteiger partial charge in [-0.2, -0.15) is 30.7 Å². The van der Waals surface area contributed by atoms with Gasteiger partial charge in [-0.1, -0.05) is 0 Å². The van der Waals surface area contributed by atoms with E-state index in [2.05, 4.69) is 4.74 Å². The van der Waals surface area contributed by atoms with Crippen molar-refractivity contribution in [2.45, 2.75) is 31.5 Å². The second-order valence-corrected chi connectivity index (χ2v) is 2.23. The summed E-state index contributed by atoms with van der Waals surface area (Å²) in [6.45, 7) is -4.04. The van der Waals surface area contributed by atoms with E-state index in [-0.39, 0.29) is 0 Å². The summed E-state index contributed by atoms with van der Waals surface area (Å²) in [7, 11) is 0. The summed E-state index contributed by atoms with van der Waals surface area (Å²) in [4.78, 5) is 0. The van der Waals surface area contributed by atoms with E-state index >= 15 is 0 Å². The van der Waals surface area contributed by atoms with Crippen LogP contribution in [0.1, 0.15) is 6.42 Å². The Labute approximate surface area is 72.6 Å². The number of rotatable bonds is 4. The first-order chi connectivity index (χ1) is 6.04. The maximum absolute atomic E-state index is 12.1. The molecule has 0 amide bonds. The zero-order valence-corrected chi connectivity index (χ0v) is 6.29. The first kappa shape index (κ1) is 13.4. The quantitative estimate of drug-likeness (QED) is 0.676. The molecule has 86 valence electrons. The fourth-order valence-electron chi connectivity index (χ4n) is 0.515. The molecule has 1 nitrogen and oxygen atoms in total. The molecule has 0 saturated heterocycles. The fourth-order valence-corrected chi connectivity index (χ4v) is 0.515. The SMILES string of the molecule is FC(F)OC(F)(F)C(F)CC(F)(F)F. The molecule has 0 heterocycles. The molecule has 9 heteroatoms. The standard InChI is InChI=1S/C5H4F8O/c6-2(1-4(9,10)11)5(12,13)14-3(7)8/h2-3H,1H2. The zero-order valence-electron chi connectivity index (χ0n) is 6.29. The van der Waals surface area contributed by atoms with Crippen molar-refractivity contribution >= 4 is 0 Å². The highest BCUT2D eigenvalue weighted by molar-refractivity contribution is 4.71. The Morgan fingerprint density at radius 3 is 1.64 bits per heavy atom. The Balaban J connectivity index is 4.28. The molecule has 0 N–H and O–H groups in total. The highest BCUT2D eigenvalue weighted by atomic mass is 19.4. The lowest BCUT2D eigenvalue weighted by molar-refractivity contribution is -0.349. The molecular formula is C5H4F8O. The van der Waals surface area contributed by atoms with Crippen molar-refractivity contribution < 1.29 is 39.9 Å². The van der Waals surface area contributed by atoms with E-state index in [1.54, 1.807) is 0 Å². The van der Waals surface area contributed by atoms with Gasteiger partial charge in [-0.3, -0.25) is 4.74 Å². The van der Waals surface area contributed by atoms with Crippen LogP contribution in [0, 0.1) is 0 Å². The van der Waals surface area contributed by atoms with Gasteiger partial charge in [0, 0.05) is 0 Å². The fraction of sp³-hybridized carbons (Fsp3) is 1.00. The smallest absolute Gasteiger partial charge is 0.255 e. The van der Waals surface area contributed by atoms with Crippen LogP contribution in [0.4, 0.5) is 35.1 Å². The molecule has 0 aromatic carbocycles. The minimum atomic E-state index is -5.21. The third-order valence-corrected chi connectivity index (χ3v) is 1.02. The maximum atomic E-state index is 12.1. The Hall–Kier alpha value is -0.600. The first-order valence-corrected chi connectivity index (χ1v) is 3.09. The van der Waals surface area contributed by atoms with Crippen LogP contribution in [0.3, 0.4) is 0 Å². The van der Waals surface area contributed by atoms with Crippen LogP contribution in [0.5, 0.6) is 0 Å². The summed E-state index contributed by atoms with van der Waals surface area (Å²) in [6, 6.07) is 0. The van der Waals surface area contributed by atoms with Crippen molar-refractivity contribution in [3.05, 3.63) is 0 Å². The van der Waals surface area contributed by atoms with Gasteiger partial charge in [0.2, 0.25) is 0 Å². The van der Waals surface area contributed by atoms with Gasteiger partial charge in [0.1, 0.15) is 0 Å². The predicted octanol–water partition coefficient (Wildman–Crippen LogP) is 3.11. The van der Waals surface area contributed by atoms with Gasteiger partial charge >= 0.3 is 18.9 Å². The molecule has 0 aromatic heterocycles. The Kier molecular flexibility index (Phi) is 4.10. The molecular weight excluding hydrogens is 228 g/mol. The predicted molar refractivity (Wildman–Crippen MR) is 27.6 cm³/mol. The summed E-state index contributed by atoms with van der Waals surface area (Å²) < 4.78 is 95.0. The van der Waals surface area contributed by atoms with Crippen molar-refractivity contribution in [2.24, 2.45) is 0 Å². The number of alkyl halides is 8. The van der Waals surface area contributed by atoms with Crippen molar-refractivity contribution in [1.82, 2.24) is 0 Å². The minimum absolute atomic E-state index is 2.40. The molecule has 0 fully saturated rings. The second-order valence-electron chi connectivity index (χ2n) is 2.23. The van der Waals surface area contributed by atoms with Crippen LogP contribution in [-0.4, -0.2) is 25.1 Å². The molecule has 0 aliphatic heterocycles. The highest BCUT2D eigenvalue weighted by Crippen LogP contribution is 2.33. The molecule has 1 unspecified atom stereocenters. The summed E-state index contributed by atoms with van der Waals surface area (Å²) in [5, 5.41) is 0. The zero-order chi connectivity index (χ0) is 11.6. The molecule has 0 saturated carbocycles. The number of ether oxygens (including phenoxy) is 1. The summed E-state index contributed by atoms with van der Waals surface area (Å²) in [5.74, 6) is 0. The topological polar surface area (TPSA) is 9.23 Å². The minimum Gasteiger partial charge on any atom is -0.255 e. The molecule has 0 aliphatic rings. The van der Waals surface area contributed by atoms with Gasteiger partial charge in [0.05, 0.1) is 6.42 Å². The van der Waals surface area contributed by atoms with Crippen molar-refractivity contribution in [3.63, 3.8) is 0 Å². The van der Waals surface area contributed by atoms with E-state index in [0.29, 0.717) is 0 Å². The molecule has 0 aliphatic carbocycles.